The molecule has 13 nitrogen and oxygen atoms in total. The SMILES string of the molecule is CCCC(=O)N[C@@H](Cc1ccccc1)C(=O)NCCCC[C@H](NC(=O)N[C@@H](CCC(=O)OC(C)(C)C)C(=O)OC(C)(C)C)C(=O)OC(C)(C)C. The third-order valence-corrected chi connectivity index (χ3v) is 6.68. The Morgan fingerprint density at radius 2 is 1.16 bits per heavy atom. The fraction of sp³-hybridized carbons (Fsp3) is 0.676. The molecule has 282 valence electrons. The molecule has 0 aromatic heterocycles. The first-order valence-corrected chi connectivity index (χ1v) is 17.4. The Balaban J connectivity index is 2.91. The highest BCUT2D eigenvalue weighted by Crippen LogP contribution is 2.15. The average Bonchev–Trinajstić information content (AvgIpc) is 2.96. The van der Waals surface area contributed by atoms with E-state index in [2.05, 4.69) is 21.3 Å². The maximum atomic E-state index is 13.2. The van der Waals surface area contributed by atoms with Gasteiger partial charge >= 0.3 is 23.9 Å². The Kier molecular flexibility index (Phi) is 18.0. The van der Waals surface area contributed by atoms with E-state index in [0.717, 1.165) is 5.56 Å². The van der Waals surface area contributed by atoms with Gasteiger partial charge < -0.3 is 35.5 Å². The molecule has 0 saturated carbocycles. The Labute approximate surface area is 297 Å². The summed E-state index contributed by atoms with van der Waals surface area (Å²) in [5.41, 5.74) is -1.49. The van der Waals surface area contributed by atoms with Gasteiger partial charge in [-0.15, -0.1) is 0 Å². The van der Waals surface area contributed by atoms with Crippen molar-refractivity contribution in [1.29, 1.82) is 0 Å². The lowest BCUT2D eigenvalue weighted by molar-refractivity contribution is -0.159. The number of benzene rings is 1. The van der Waals surface area contributed by atoms with E-state index < -0.39 is 58.9 Å². The first-order chi connectivity index (χ1) is 23.1. The van der Waals surface area contributed by atoms with Gasteiger partial charge in [-0.25, -0.2) is 14.4 Å². The molecule has 0 heterocycles. The lowest BCUT2D eigenvalue weighted by Gasteiger charge is -2.27. The second-order valence-corrected chi connectivity index (χ2v) is 15.3. The van der Waals surface area contributed by atoms with Crippen molar-refractivity contribution in [3.8, 4) is 0 Å². The van der Waals surface area contributed by atoms with Gasteiger partial charge in [-0.05, 0) is 100.0 Å². The number of carbonyl (C=O) groups is 6. The normalized spacial score (nSPS) is 13.6. The molecule has 0 aliphatic carbocycles. The molecule has 0 radical (unpaired) electrons. The largest absolute Gasteiger partial charge is 0.460 e. The summed E-state index contributed by atoms with van der Waals surface area (Å²) in [4.78, 5) is 77.0. The van der Waals surface area contributed by atoms with Gasteiger partial charge in [-0.2, -0.15) is 0 Å². The Bertz CT molecular complexity index is 1260. The van der Waals surface area contributed by atoms with Crippen LogP contribution in [0.4, 0.5) is 4.79 Å². The zero-order valence-corrected chi connectivity index (χ0v) is 31.7. The van der Waals surface area contributed by atoms with Gasteiger partial charge in [0, 0.05) is 25.8 Å². The van der Waals surface area contributed by atoms with Crippen molar-refractivity contribution in [3.05, 3.63) is 35.9 Å². The molecule has 1 rings (SSSR count). The number of nitrogens with one attached hydrogen (secondary N) is 4. The lowest BCUT2D eigenvalue weighted by Crippen LogP contribution is -2.53. The van der Waals surface area contributed by atoms with Crippen molar-refractivity contribution in [2.45, 2.75) is 156 Å². The number of carbonyl (C=O) groups excluding carboxylic acids is 6. The van der Waals surface area contributed by atoms with Gasteiger partial charge in [0.05, 0.1) is 0 Å². The van der Waals surface area contributed by atoms with Crippen LogP contribution in [-0.2, 0) is 44.6 Å². The van der Waals surface area contributed by atoms with Crippen molar-refractivity contribution < 1.29 is 43.0 Å². The van der Waals surface area contributed by atoms with E-state index in [4.69, 9.17) is 14.2 Å². The highest BCUT2D eigenvalue weighted by Gasteiger charge is 2.31. The fourth-order valence-corrected chi connectivity index (χ4v) is 4.62. The summed E-state index contributed by atoms with van der Waals surface area (Å²) in [7, 11) is 0. The maximum absolute atomic E-state index is 13.2. The minimum absolute atomic E-state index is 0.0851. The molecule has 0 fully saturated rings. The summed E-state index contributed by atoms with van der Waals surface area (Å²) in [5.74, 6) is -2.47. The monoisotopic (exact) mass is 704 g/mol. The first kappa shape index (κ1) is 43.9. The number of unbranched alkanes of at least 4 members (excludes halogenated alkanes) is 1. The summed E-state index contributed by atoms with van der Waals surface area (Å²) < 4.78 is 16.3. The number of esters is 3. The minimum Gasteiger partial charge on any atom is -0.460 e. The molecule has 50 heavy (non-hydrogen) atoms. The van der Waals surface area contributed by atoms with E-state index in [0.29, 0.717) is 32.1 Å². The molecule has 1 aromatic rings. The van der Waals surface area contributed by atoms with Gasteiger partial charge in [0.15, 0.2) is 0 Å². The molecular weight excluding hydrogens is 644 g/mol. The lowest BCUT2D eigenvalue weighted by atomic mass is 10.0. The van der Waals surface area contributed by atoms with Crippen LogP contribution in [0, 0.1) is 0 Å². The fourth-order valence-electron chi connectivity index (χ4n) is 4.62. The molecule has 1 aromatic carbocycles. The van der Waals surface area contributed by atoms with Gasteiger partial charge in [0.1, 0.15) is 34.9 Å². The van der Waals surface area contributed by atoms with Crippen molar-refractivity contribution in [2.24, 2.45) is 0 Å². The molecule has 0 spiro atoms. The standard InChI is InChI=1S/C37H60N4O9/c1-11-17-29(42)39-28(24-25-18-13-12-14-19-25)31(44)38-23-16-15-20-26(32(45)49-36(5,6)7)40-34(47)41-27(33(46)50-37(8,9)10)21-22-30(43)48-35(2,3)4/h12-14,18-19,26-28H,11,15-17,20-24H2,1-10H3,(H,38,44)(H,39,42)(H2,40,41,47)/t26-,27-,28-/m0/s1. The van der Waals surface area contributed by atoms with Crippen molar-refractivity contribution in [1.82, 2.24) is 21.3 Å². The van der Waals surface area contributed by atoms with E-state index in [9.17, 15) is 28.8 Å². The quantitative estimate of drug-likeness (QED) is 0.0963. The predicted octanol–water partition coefficient (Wildman–Crippen LogP) is 4.64. The number of rotatable bonds is 18. The smallest absolute Gasteiger partial charge is 0.329 e. The zero-order valence-electron chi connectivity index (χ0n) is 31.7. The third-order valence-electron chi connectivity index (χ3n) is 6.68. The summed E-state index contributed by atoms with van der Waals surface area (Å²) in [6, 6.07) is 5.57. The van der Waals surface area contributed by atoms with E-state index >= 15 is 0 Å². The summed E-state index contributed by atoms with van der Waals surface area (Å²) in [6.45, 7) is 17.5. The maximum Gasteiger partial charge on any atom is 0.329 e. The van der Waals surface area contributed by atoms with Gasteiger partial charge in [-0.1, -0.05) is 37.3 Å². The second kappa shape index (κ2) is 20.5. The van der Waals surface area contributed by atoms with Crippen LogP contribution < -0.4 is 21.3 Å². The van der Waals surface area contributed by atoms with Crippen molar-refractivity contribution in [3.63, 3.8) is 0 Å². The molecule has 4 amide bonds. The molecule has 3 atom stereocenters. The topological polar surface area (TPSA) is 178 Å². The minimum atomic E-state index is -1.20. The van der Waals surface area contributed by atoms with Crippen LogP contribution in [0.15, 0.2) is 30.3 Å². The van der Waals surface area contributed by atoms with E-state index in [-0.39, 0.29) is 37.6 Å². The first-order valence-electron chi connectivity index (χ1n) is 17.4. The van der Waals surface area contributed by atoms with Crippen LogP contribution in [0.2, 0.25) is 0 Å². The van der Waals surface area contributed by atoms with Crippen LogP contribution in [0.1, 0.15) is 120 Å². The third kappa shape index (κ3) is 20.4. The van der Waals surface area contributed by atoms with Gasteiger partial charge in [0.25, 0.3) is 0 Å². The summed E-state index contributed by atoms with van der Waals surface area (Å²) in [6.07, 6.45) is 2.13. The molecule has 0 bridgehead atoms. The van der Waals surface area contributed by atoms with Gasteiger partial charge in [0.2, 0.25) is 11.8 Å². The number of ether oxygens (including phenoxy) is 3. The molecule has 0 aliphatic rings. The molecule has 0 aliphatic heterocycles. The van der Waals surface area contributed by atoms with Crippen molar-refractivity contribution >= 4 is 35.8 Å². The highest BCUT2D eigenvalue weighted by molar-refractivity contribution is 5.88. The number of hydrogen-bond acceptors (Lipinski definition) is 9. The van der Waals surface area contributed by atoms with E-state index in [1.807, 2.05) is 37.3 Å². The van der Waals surface area contributed by atoms with Crippen LogP contribution in [0.3, 0.4) is 0 Å². The molecular formula is C37H60N4O9. The van der Waals surface area contributed by atoms with Crippen LogP contribution >= 0.6 is 0 Å². The molecule has 0 saturated heterocycles. The second-order valence-electron chi connectivity index (χ2n) is 15.3. The highest BCUT2D eigenvalue weighted by atomic mass is 16.6. The average molecular weight is 705 g/mol. The Morgan fingerprint density at radius 1 is 0.640 bits per heavy atom. The molecule has 13 heteroatoms. The van der Waals surface area contributed by atoms with Gasteiger partial charge in [-0.3, -0.25) is 14.4 Å². The van der Waals surface area contributed by atoms with E-state index in [1.165, 1.54) is 0 Å². The van der Waals surface area contributed by atoms with Crippen LogP contribution in [0.5, 0.6) is 0 Å². The summed E-state index contributed by atoms with van der Waals surface area (Å²) >= 11 is 0. The van der Waals surface area contributed by atoms with E-state index in [1.54, 1.807) is 62.3 Å². The Morgan fingerprint density at radius 3 is 1.66 bits per heavy atom. The van der Waals surface area contributed by atoms with Crippen LogP contribution in [0.25, 0.3) is 0 Å². The van der Waals surface area contributed by atoms with Crippen molar-refractivity contribution in [2.75, 3.05) is 6.54 Å². The predicted molar refractivity (Wildman–Crippen MR) is 190 cm³/mol. The molecule has 0 unspecified atom stereocenters. The van der Waals surface area contributed by atoms with Crippen LogP contribution in [-0.4, -0.2) is 77.2 Å². The zero-order chi connectivity index (χ0) is 38.1. The number of amides is 4. The number of hydrogen-bond donors (Lipinski definition) is 4. The molecule has 4 N–H and O–H groups in total. The summed E-state index contributed by atoms with van der Waals surface area (Å²) in [5, 5.41) is 10.8. The number of urea groups is 1. The Hall–Kier alpha value is -4.16.